The smallest absolute Gasteiger partial charge is 0.278 e. The Kier molecular flexibility index (Phi) is 5.93. The fraction of sp³-hybridized carbons (Fsp3) is 0.0625. The van der Waals surface area contributed by atoms with E-state index in [0.29, 0.717) is 0 Å². The first-order chi connectivity index (χ1) is 12.4. The van der Waals surface area contributed by atoms with Gasteiger partial charge in [0, 0.05) is 11.6 Å². The van der Waals surface area contributed by atoms with Crippen molar-refractivity contribution in [1.29, 1.82) is 0 Å². The van der Waals surface area contributed by atoms with Gasteiger partial charge in [-0.1, -0.05) is 6.07 Å². The molecular formula is C16H13FN4O5. The zero-order chi connectivity index (χ0) is 19.1. The minimum atomic E-state index is -0.700. The molecule has 0 atom stereocenters. The summed E-state index contributed by atoms with van der Waals surface area (Å²) in [6.45, 7) is -0.436. The average Bonchev–Trinajstić information content (AvgIpc) is 2.59. The fourth-order valence-electron chi connectivity index (χ4n) is 1.92. The van der Waals surface area contributed by atoms with Crippen molar-refractivity contribution >= 4 is 23.7 Å². The van der Waals surface area contributed by atoms with E-state index in [1.807, 2.05) is 0 Å². The number of hydrogen-bond acceptors (Lipinski definition) is 6. The van der Waals surface area contributed by atoms with Crippen LogP contribution in [0.5, 0.6) is 5.75 Å². The number of carbonyl (C=O) groups excluding carboxylic acids is 2. The van der Waals surface area contributed by atoms with Crippen molar-refractivity contribution in [3.05, 3.63) is 69.5 Å². The Bertz CT molecular complexity index is 885. The highest BCUT2D eigenvalue weighted by molar-refractivity contribution is 5.96. The third kappa shape index (κ3) is 5.09. The molecule has 2 amide bonds. The molecule has 0 aliphatic rings. The van der Waals surface area contributed by atoms with Gasteiger partial charge in [0.15, 0.2) is 0 Å². The van der Waals surface area contributed by atoms with E-state index in [1.165, 1.54) is 18.2 Å². The Labute approximate surface area is 146 Å². The van der Waals surface area contributed by atoms with Crippen molar-refractivity contribution in [2.24, 2.45) is 5.10 Å². The van der Waals surface area contributed by atoms with Gasteiger partial charge in [0.2, 0.25) is 0 Å². The number of nitro benzene ring substituents is 1. The molecule has 2 rings (SSSR count). The lowest BCUT2D eigenvalue weighted by molar-refractivity contribution is -0.385. The van der Waals surface area contributed by atoms with Gasteiger partial charge in [-0.2, -0.15) is 5.10 Å². The van der Waals surface area contributed by atoms with Gasteiger partial charge in [-0.3, -0.25) is 19.7 Å². The quantitative estimate of drug-likeness (QED) is 0.406. The van der Waals surface area contributed by atoms with E-state index in [2.05, 4.69) is 15.8 Å². The Morgan fingerprint density at radius 3 is 2.73 bits per heavy atom. The number of nitro groups is 1. The van der Waals surface area contributed by atoms with Crippen LogP contribution in [0.25, 0.3) is 0 Å². The highest BCUT2D eigenvalue weighted by atomic mass is 19.1. The van der Waals surface area contributed by atoms with Crippen molar-refractivity contribution in [2.75, 3.05) is 6.54 Å². The maximum Gasteiger partial charge on any atom is 0.278 e. The lowest BCUT2D eigenvalue weighted by Crippen LogP contribution is -2.34. The zero-order valence-electron chi connectivity index (χ0n) is 13.2. The molecule has 0 fully saturated rings. The van der Waals surface area contributed by atoms with Gasteiger partial charge in [0.05, 0.1) is 23.2 Å². The van der Waals surface area contributed by atoms with Crippen molar-refractivity contribution in [1.82, 2.24) is 10.7 Å². The standard InChI is InChI=1S/C16H13FN4O5/c17-12-3-1-2-10(6-12)16(24)18-9-15(23)20-19-8-11-7-13(22)4-5-14(11)21(25)26/h1-8,22H,9H2,(H,18,24)(H,20,23). The van der Waals surface area contributed by atoms with Crippen LogP contribution < -0.4 is 10.7 Å². The summed E-state index contributed by atoms with van der Waals surface area (Å²) < 4.78 is 13.0. The Hall–Kier alpha value is -3.82. The first-order valence-electron chi connectivity index (χ1n) is 7.20. The van der Waals surface area contributed by atoms with Crippen LogP contribution in [0.15, 0.2) is 47.6 Å². The lowest BCUT2D eigenvalue weighted by Gasteiger charge is -2.04. The third-order valence-corrected chi connectivity index (χ3v) is 3.10. The highest BCUT2D eigenvalue weighted by Gasteiger charge is 2.13. The number of nitrogens with one attached hydrogen (secondary N) is 2. The molecule has 0 aliphatic heterocycles. The molecule has 0 spiro atoms. The van der Waals surface area contributed by atoms with E-state index in [0.717, 1.165) is 30.5 Å². The predicted molar refractivity (Wildman–Crippen MR) is 89.2 cm³/mol. The molecule has 0 aromatic heterocycles. The number of hydrogen-bond donors (Lipinski definition) is 3. The number of benzene rings is 2. The normalized spacial score (nSPS) is 10.5. The molecule has 0 aliphatic carbocycles. The molecule has 26 heavy (non-hydrogen) atoms. The van der Waals surface area contributed by atoms with Crippen molar-refractivity contribution < 1.29 is 24.0 Å². The number of phenolic OH excluding ortho intramolecular Hbond substituents is 1. The molecule has 0 heterocycles. The van der Waals surface area contributed by atoms with Crippen LogP contribution >= 0.6 is 0 Å². The number of aromatic hydroxyl groups is 1. The minimum Gasteiger partial charge on any atom is -0.508 e. The fourth-order valence-corrected chi connectivity index (χ4v) is 1.92. The number of carbonyl (C=O) groups is 2. The maximum atomic E-state index is 13.0. The van der Waals surface area contributed by atoms with Gasteiger partial charge in [0.25, 0.3) is 17.5 Å². The first kappa shape index (κ1) is 18.5. The summed E-state index contributed by atoms with van der Waals surface area (Å²) in [6, 6.07) is 8.30. The molecule has 2 aromatic carbocycles. The highest BCUT2D eigenvalue weighted by Crippen LogP contribution is 2.21. The number of hydrazone groups is 1. The third-order valence-electron chi connectivity index (χ3n) is 3.10. The summed E-state index contributed by atoms with van der Waals surface area (Å²) in [6.07, 6.45) is 0.990. The SMILES string of the molecule is O=C(CNC(=O)c1cccc(F)c1)NN=Cc1cc(O)ccc1[N+](=O)[O-]. The topological polar surface area (TPSA) is 134 Å². The summed E-state index contributed by atoms with van der Waals surface area (Å²) in [5.41, 5.74) is 1.80. The summed E-state index contributed by atoms with van der Waals surface area (Å²) in [5, 5.41) is 26.0. The van der Waals surface area contributed by atoms with Crippen LogP contribution in [0.1, 0.15) is 15.9 Å². The van der Waals surface area contributed by atoms with Crippen molar-refractivity contribution in [3.63, 3.8) is 0 Å². The van der Waals surface area contributed by atoms with E-state index < -0.39 is 29.1 Å². The number of rotatable bonds is 6. The van der Waals surface area contributed by atoms with Gasteiger partial charge in [-0.05, 0) is 30.3 Å². The molecule has 0 saturated heterocycles. The van der Waals surface area contributed by atoms with Gasteiger partial charge in [-0.25, -0.2) is 9.82 Å². The van der Waals surface area contributed by atoms with E-state index in [-0.39, 0.29) is 22.6 Å². The molecule has 134 valence electrons. The Morgan fingerprint density at radius 2 is 2.04 bits per heavy atom. The van der Waals surface area contributed by atoms with Crippen molar-refractivity contribution in [2.45, 2.75) is 0 Å². The van der Waals surface area contributed by atoms with Crippen LogP contribution in [0.2, 0.25) is 0 Å². The van der Waals surface area contributed by atoms with E-state index >= 15 is 0 Å². The summed E-state index contributed by atoms with van der Waals surface area (Å²) in [7, 11) is 0. The molecule has 0 bridgehead atoms. The van der Waals surface area contributed by atoms with Gasteiger partial charge in [-0.15, -0.1) is 0 Å². The molecule has 2 aromatic rings. The van der Waals surface area contributed by atoms with Crippen LogP contribution in [0, 0.1) is 15.9 Å². The van der Waals surface area contributed by atoms with Crippen LogP contribution in [-0.2, 0) is 4.79 Å². The second-order valence-corrected chi connectivity index (χ2v) is 4.99. The number of nitrogens with zero attached hydrogens (tertiary/aromatic N) is 2. The van der Waals surface area contributed by atoms with Gasteiger partial charge < -0.3 is 10.4 Å². The lowest BCUT2D eigenvalue weighted by atomic mass is 10.2. The van der Waals surface area contributed by atoms with Crippen molar-refractivity contribution in [3.8, 4) is 5.75 Å². The molecule has 0 radical (unpaired) electrons. The second kappa shape index (κ2) is 8.33. The van der Waals surface area contributed by atoms with Crippen LogP contribution in [0.4, 0.5) is 10.1 Å². The predicted octanol–water partition coefficient (Wildman–Crippen LogP) is 1.32. The Balaban J connectivity index is 1.91. The number of phenols is 1. The summed E-state index contributed by atoms with van der Waals surface area (Å²) in [4.78, 5) is 33.6. The molecule has 0 unspecified atom stereocenters. The van der Waals surface area contributed by atoms with Gasteiger partial charge in [0.1, 0.15) is 11.6 Å². The van der Waals surface area contributed by atoms with Crippen LogP contribution in [0.3, 0.4) is 0 Å². The molecule has 0 saturated carbocycles. The van der Waals surface area contributed by atoms with E-state index in [9.17, 15) is 29.2 Å². The van der Waals surface area contributed by atoms with Gasteiger partial charge >= 0.3 is 0 Å². The largest absolute Gasteiger partial charge is 0.508 e. The molecule has 10 heteroatoms. The molecular weight excluding hydrogens is 347 g/mol. The second-order valence-electron chi connectivity index (χ2n) is 4.99. The average molecular weight is 360 g/mol. The summed E-state index contributed by atoms with van der Waals surface area (Å²) >= 11 is 0. The number of amides is 2. The van der Waals surface area contributed by atoms with Crippen LogP contribution in [-0.4, -0.2) is 34.6 Å². The van der Waals surface area contributed by atoms with E-state index in [4.69, 9.17) is 0 Å². The number of halogens is 1. The monoisotopic (exact) mass is 360 g/mol. The molecule has 9 nitrogen and oxygen atoms in total. The maximum absolute atomic E-state index is 13.0. The summed E-state index contributed by atoms with van der Waals surface area (Å²) in [5.74, 6) is -2.13. The van der Waals surface area contributed by atoms with E-state index in [1.54, 1.807) is 0 Å². The minimum absolute atomic E-state index is 0.0147. The Morgan fingerprint density at radius 1 is 1.27 bits per heavy atom. The molecule has 3 N–H and O–H groups in total. The zero-order valence-corrected chi connectivity index (χ0v) is 13.2. The first-order valence-corrected chi connectivity index (χ1v) is 7.20.